The van der Waals surface area contributed by atoms with E-state index in [0.717, 1.165) is 24.2 Å². The molecule has 1 aromatic rings. The first-order chi connectivity index (χ1) is 11.6. The van der Waals surface area contributed by atoms with E-state index >= 15 is 0 Å². The lowest BCUT2D eigenvalue weighted by Gasteiger charge is -2.39. The largest absolute Gasteiger partial charge is 0.504 e. The van der Waals surface area contributed by atoms with Gasteiger partial charge in [-0.2, -0.15) is 0 Å². The molecule has 0 bridgehead atoms. The van der Waals surface area contributed by atoms with Crippen molar-refractivity contribution >= 4 is 11.5 Å². The number of likely N-dealkylation sites (tertiary alicyclic amines) is 1. The molecule has 1 aromatic carbocycles. The third-order valence-corrected chi connectivity index (χ3v) is 5.41. The second-order valence-electron chi connectivity index (χ2n) is 6.72. The molecular formula is C17H17NO6. The summed E-state index contributed by atoms with van der Waals surface area (Å²) in [5, 5.41) is 21.0. The van der Waals surface area contributed by atoms with Crippen LogP contribution in [0, 0.1) is 5.92 Å². The smallest absolute Gasteiger partial charge is 0.343 e. The van der Waals surface area contributed by atoms with Crippen LogP contribution in [-0.4, -0.2) is 53.7 Å². The van der Waals surface area contributed by atoms with Crippen LogP contribution in [-0.2, 0) is 4.74 Å². The van der Waals surface area contributed by atoms with Gasteiger partial charge in [0, 0.05) is 36.3 Å². The highest BCUT2D eigenvalue weighted by Crippen LogP contribution is 2.52. The average molecular weight is 331 g/mol. The molecule has 5 rings (SSSR count). The van der Waals surface area contributed by atoms with Gasteiger partial charge in [0.2, 0.25) is 12.5 Å². The minimum atomic E-state index is -0.745. The summed E-state index contributed by atoms with van der Waals surface area (Å²) in [6.45, 7) is 0.893. The molecule has 3 atom stereocenters. The second-order valence-corrected chi connectivity index (χ2v) is 6.72. The lowest BCUT2D eigenvalue weighted by atomic mass is 9.78. The van der Waals surface area contributed by atoms with Crippen molar-refractivity contribution in [1.29, 1.82) is 0 Å². The number of hydrogen-bond acceptors (Lipinski definition) is 7. The van der Waals surface area contributed by atoms with Crippen molar-refractivity contribution in [3.63, 3.8) is 0 Å². The van der Waals surface area contributed by atoms with Crippen LogP contribution in [0.4, 0.5) is 0 Å². The number of carbonyl (C=O) groups excluding carboxylic acids is 1. The monoisotopic (exact) mass is 331 g/mol. The van der Waals surface area contributed by atoms with E-state index in [1.54, 1.807) is 6.07 Å². The summed E-state index contributed by atoms with van der Waals surface area (Å²) in [6.07, 6.45) is 0.0767. The molecule has 1 aliphatic carbocycles. The minimum absolute atomic E-state index is 0.00131. The van der Waals surface area contributed by atoms with Crippen molar-refractivity contribution in [2.45, 2.75) is 25.0 Å². The van der Waals surface area contributed by atoms with Gasteiger partial charge in [0.25, 0.3) is 0 Å². The van der Waals surface area contributed by atoms with Crippen LogP contribution in [0.3, 0.4) is 0 Å². The van der Waals surface area contributed by atoms with Gasteiger partial charge in [-0.3, -0.25) is 0 Å². The van der Waals surface area contributed by atoms with E-state index in [1.165, 1.54) is 0 Å². The van der Waals surface area contributed by atoms with Crippen LogP contribution < -0.4 is 9.47 Å². The Morgan fingerprint density at radius 1 is 1.33 bits per heavy atom. The highest BCUT2D eigenvalue weighted by molar-refractivity contribution is 6.04. The number of aromatic hydroxyl groups is 1. The van der Waals surface area contributed by atoms with Crippen molar-refractivity contribution in [2.24, 2.45) is 5.92 Å². The molecule has 0 radical (unpaired) electrons. The van der Waals surface area contributed by atoms with Gasteiger partial charge in [-0.1, -0.05) is 0 Å². The number of phenols is 1. The number of esters is 1. The number of phenolic OH excluding ortho intramolecular Hbond substituents is 1. The van der Waals surface area contributed by atoms with Gasteiger partial charge in [0.1, 0.15) is 5.56 Å². The Morgan fingerprint density at radius 2 is 2.17 bits per heavy atom. The average Bonchev–Trinajstić information content (AvgIpc) is 3.15. The number of rotatable bonds is 0. The van der Waals surface area contributed by atoms with Crippen LogP contribution >= 0.6 is 0 Å². The summed E-state index contributed by atoms with van der Waals surface area (Å²) < 4.78 is 16.1. The summed E-state index contributed by atoms with van der Waals surface area (Å²) in [5.74, 6) is -0.0944. The first-order valence-corrected chi connectivity index (χ1v) is 8.06. The molecule has 1 fully saturated rings. The maximum atomic E-state index is 12.5. The van der Waals surface area contributed by atoms with Gasteiger partial charge in [0.05, 0.1) is 6.10 Å². The highest BCUT2D eigenvalue weighted by atomic mass is 16.7. The van der Waals surface area contributed by atoms with Crippen LogP contribution in [0.1, 0.15) is 28.8 Å². The van der Waals surface area contributed by atoms with Gasteiger partial charge < -0.3 is 29.3 Å². The molecule has 2 N–H and O–H groups in total. The Kier molecular flexibility index (Phi) is 2.66. The number of nitrogens with zero attached hydrogens (tertiary/aromatic N) is 1. The molecule has 4 aliphatic rings. The van der Waals surface area contributed by atoms with Crippen molar-refractivity contribution in [3.05, 3.63) is 22.9 Å². The molecule has 7 nitrogen and oxygen atoms in total. The van der Waals surface area contributed by atoms with Gasteiger partial charge in [0.15, 0.2) is 17.6 Å². The van der Waals surface area contributed by atoms with Gasteiger partial charge in [-0.15, -0.1) is 0 Å². The van der Waals surface area contributed by atoms with Crippen LogP contribution in [0.5, 0.6) is 17.2 Å². The summed E-state index contributed by atoms with van der Waals surface area (Å²) in [5.41, 5.74) is 2.52. The summed E-state index contributed by atoms with van der Waals surface area (Å²) in [7, 11) is 2.00. The molecule has 126 valence electrons. The fraction of sp³-hybridized carbons (Fsp3) is 0.471. The number of aliphatic hydroxyl groups excluding tert-OH is 1. The Bertz CT molecular complexity index is 801. The maximum absolute atomic E-state index is 12.5. The fourth-order valence-electron chi connectivity index (χ4n) is 4.37. The summed E-state index contributed by atoms with van der Waals surface area (Å²) in [6, 6.07) is 1.72. The summed E-state index contributed by atoms with van der Waals surface area (Å²) >= 11 is 0. The fourth-order valence-corrected chi connectivity index (χ4v) is 4.37. The van der Waals surface area contributed by atoms with E-state index in [2.05, 4.69) is 4.90 Å². The van der Waals surface area contributed by atoms with Crippen LogP contribution in [0.2, 0.25) is 0 Å². The van der Waals surface area contributed by atoms with Gasteiger partial charge in [-0.25, -0.2) is 4.79 Å². The topological polar surface area (TPSA) is 88.5 Å². The third kappa shape index (κ3) is 1.62. The van der Waals surface area contributed by atoms with Crippen molar-refractivity contribution < 1.29 is 29.2 Å². The first kappa shape index (κ1) is 14.0. The molecule has 3 heterocycles. The first-order valence-electron chi connectivity index (χ1n) is 8.06. The van der Waals surface area contributed by atoms with Crippen molar-refractivity contribution in [2.75, 3.05) is 20.4 Å². The van der Waals surface area contributed by atoms with Gasteiger partial charge >= 0.3 is 5.97 Å². The molecule has 0 aromatic heterocycles. The highest BCUT2D eigenvalue weighted by Gasteiger charge is 2.48. The number of allylic oxidation sites excluding steroid dienone is 1. The van der Waals surface area contributed by atoms with Crippen molar-refractivity contribution in [1.82, 2.24) is 4.90 Å². The van der Waals surface area contributed by atoms with E-state index in [4.69, 9.17) is 14.2 Å². The Balaban J connectivity index is 1.82. The molecule has 24 heavy (non-hydrogen) atoms. The van der Waals surface area contributed by atoms with E-state index in [-0.39, 0.29) is 29.8 Å². The quantitative estimate of drug-likeness (QED) is 0.688. The molecule has 0 amide bonds. The maximum Gasteiger partial charge on any atom is 0.343 e. The predicted molar refractivity (Wildman–Crippen MR) is 81.7 cm³/mol. The van der Waals surface area contributed by atoms with E-state index in [0.29, 0.717) is 17.7 Å². The molecular weight excluding hydrogens is 314 g/mol. The lowest BCUT2D eigenvalue weighted by molar-refractivity contribution is -0.00954. The number of benzene rings is 1. The number of hydrogen-bond donors (Lipinski definition) is 2. The Morgan fingerprint density at radius 3 is 3.00 bits per heavy atom. The molecule has 0 unspecified atom stereocenters. The lowest BCUT2D eigenvalue weighted by Crippen LogP contribution is -2.42. The summed E-state index contributed by atoms with van der Waals surface area (Å²) in [4.78, 5) is 14.6. The Labute approximate surface area is 138 Å². The van der Waals surface area contributed by atoms with E-state index in [9.17, 15) is 15.0 Å². The zero-order valence-electron chi connectivity index (χ0n) is 13.1. The molecule has 1 saturated heterocycles. The predicted octanol–water partition coefficient (Wildman–Crippen LogP) is 1.09. The normalized spacial score (nSPS) is 30.0. The molecule has 0 spiro atoms. The number of ether oxygens (including phenoxy) is 3. The minimum Gasteiger partial charge on any atom is -0.504 e. The zero-order valence-corrected chi connectivity index (χ0v) is 13.1. The van der Waals surface area contributed by atoms with E-state index < -0.39 is 18.2 Å². The number of fused-ring (bicyclic) bond motifs is 5. The zero-order chi connectivity index (χ0) is 16.6. The number of carbonyl (C=O) groups is 1. The Hall–Kier alpha value is -2.41. The standard InChI is InChI=1S/C17H17NO6/c1-18-3-2-7-4-9(19)15-11(13(7)18)8-5-10-16(23-6-22-10)14(20)12(8)17(21)24-15/h5,7,9,15,19-20H,2-4,6H2,1H3/t7-,9-,15+/m0/s1. The van der Waals surface area contributed by atoms with Crippen molar-refractivity contribution in [3.8, 4) is 17.2 Å². The molecule has 0 saturated carbocycles. The van der Waals surface area contributed by atoms with E-state index in [1.807, 2.05) is 7.05 Å². The molecule has 7 heteroatoms. The molecule has 3 aliphatic heterocycles. The van der Waals surface area contributed by atoms with Crippen LogP contribution in [0.25, 0.3) is 5.57 Å². The van der Waals surface area contributed by atoms with Gasteiger partial charge in [-0.05, 0) is 18.9 Å². The van der Waals surface area contributed by atoms with Crippen LogP contribution in [0.15, 0.2) is 11.8 Å². The SMILES string of the molecule is CN1CC[C@H]2C[C@H](O)[C@H]3OC(=O)c4c(cc5c(c4O)OCO5)C3=C21. The number of aliphatic hydroxyl groups is 1. The second kappa shape index (κ2) is 4.57. The third-order valence-electron chi connectivity index (χ3n) is 5.41.